The summed E-state index contributed by atoms with van der Waals surface area (Å²) in [4.78, 5) is 0.444. The Balaban J connectivity index is 0.000000605. The van der Waals surface area contributed by atoms with Crippen LogP contribution in [-0.2, 0) is 19.1 Å². The van der Waals surface area contributed by atoms with Crippen molar-refractivity contribution in [3.8, 4) is 11.5 Å². The fourth-order valence-electron chi connectivity index (χ4n) is 3.38. The molecule has 13 heteroatoms. The smallest absolute Gasteiger partial charge is 0.261 e. The number of sulfonamides is 1. The van der Waals surface area contributed by atoms with E-state index >= 15 is 0 Å². The molecule has 2 aromatic carbocycles. The first-order valence-corrected chi connectivity index (χ1v) is 14.9. The molecule has 10 nitrogen and oxygen atoms in total. The fraction of sp³-hybridized carbons (Fsp3) is 0.500. The SMILES string of the molecule is CNCCO.COc1cc(C)c(S(=O)(=O)Cl)c(C)c1.COc1cc(C)c(S(=O)(=O)N(C)CCO)c(C)c1. The summed E-state index contributed by atoms with van der Waals surface area (Å²) in [6, 6.07) is 6.66. The first-order valence-electron chi connectivity index (χ1n) is 11.2. The van der Waals surface area contributed by atoms with E-state index in [0.29, 0.717) is 40.3 Å². The van der Waals surface area contributed by atoms with Gasteiger partial charge in [-0.1, -0.05) is 0 Å². The Hall–Kier alpha value is -1.93. The van der Waals surface area contributed by atoms with Gasteiger partial charge in [0.2, 0.25) is 10.0 Å². The highest BCUT2D eigenvalue weighted by molar-refractivity contribution is 8.13. The molecule has 0 heterocycles. The topological polar surface area (TPSA) is 142 Å². The summed E-state index contributed by atoms with van der Waals surface area (Å²) in [5.41, 5.74) is 2.46. The maximum Gasteiger partial charge on any atom is 0.261 e. The number of hydrogen-bond acceptors (Lipinski definition) is 9. The van der Waals surface area contributed by atoms with Crippen LogP contribution in [0.5, 0.6) is 11.5 Å². The molecule has 0 atom stereocenters. The number of nitrogens with one attached hydrogen (secondary N) is 1. The Morgan fingerprint density at radius 1 is 0.811 bits per heavy atom. The lowest BCUT2D eigenvalue weighted by Crippen LogP contribution is -2.30. The monoisotopic (exact) mass is 582 g/mol. The molecule has 0 saturated carbocycles. The molecule has 0 radical (unpaired) electrons. The van der Waals surface area contributed by atoms with Crippen LogP contribution < -0.4 is 14.8 Å². The van der Waals surface area contributed by atoms with Crippen molar-refractivity contribution in [1.29, 1.82) is 0 Å². The van der Waals surface area contributed by atoms with Crippen molar-refractivity contribution in [3.05, 3.63) is 46.5 Å². The number of hydrogen-bond donors (Lipinski definition) is 3. The maximum atomic E-state index is 12.3. The molecule has 0 aromatic heterocycles. The van der Waals surface area contributed by atoms with Crippen molar-refractivity contribution in [2.75, 3.05) is 54.6 Å². The quantitative estimate of drug-likeness (QED) is 0.380. The van der Waals surface area contributed by atoms with Crippen molar-refractivity contribution in [1.82, 2.24) is 9.62 Å². The molecule has 2 aromatic rings. The van der Waals surface area contributed by atoms with Crippen LogP contribution in [0.2, 0.25) is 0 Å². The van der Waals surface area contributed by atoms with Crippen LogP contribution >= 0.6 is 10.7 Å². The van der Waals surface area contributed by atoms with Gasteiger partial charge in [-0.3, -0.25) is 0 Å². The van der Waals surface area contributed by atoms with Crippen molar-refractivity contribution < 1.29 is 36.5 Å². The Kier molecular flexibility index (Phi) is 15.3. The normalized spacial score (nSPS) is 11.2. The van der Waals surface area contributed by atoms with Gasteiger partial charge in [-0.05, 0) is 81.3 Å². The second kappa shape index (κ2) is 16.1. The van der Waals surface area contributed by atoms with Gasteiger partial charge in [-0.2, -0.15) is 4.31 Å². The zero-order valence-electron chi connectivity index (χ0n) is 22.6. The second-order valence-corrected chi connectivity index (χ2v) is 12.5. The summed E-state index contributed by atoms with van der Waals surface area (Å²) in [6.07, 6.45) is 0. The zero-order valence-corrected chi connectivity index (χ0v) is 25.0. The summed E-state index contributed by atoms with van der Waals surface area (Å²) in [5.74, 6) is 1.26. The third kappa shape index (κ3) is 10.8. The Morgan fingerprint density at radius 2 is 1.19 bits per heavy atom. The van der Waals surface area contributed by atoms with E-state index in [0.717, 1.165) is 4.31 Å². The number of aryl methyl sites for hydroxylation is 4. The van der Waals surface area contributed by atoms with Crippen molar-refractivity contribution >= 4 is 29.8 Å². The number of likely N-dealkylation sites (N-methyl/N-ethyl adjacent to an activating group) is 2. The Morgan fingerprint density at radius 3 is 1.43 bits per heavy atom. The number of rotatable bonds is 9. The Labute approximate surface area is 225 Å². The van der Waals surface area contributed by atoms with Crippen molar-refractivity contribution in [2.24, 2.45) is 0 Å². The number of aliphatic hydroxyl groups excluding tert-OH is 2. The van der Waals surface area contributed by atoms with Crippen molar-refractivity contribution in [3.63, 3.8) is 0 Å². The zero-order chi connectivity index (χ0) is 29.0. The molecule has 0 aliphatic carbocycles. The van der Waals surface area contributed by atoms with Crippen LogP contribution in [0.4, 0.5) is 0 Å². The van der Waals surface area contributed by atoms with Gasteiger partial charge in [0.05, 0.1) is 37.2 Å². The van der Waals surface area contributed by atoms with E-state index in [9.17, 15) is 16.8 Å². The predicted octanol–water partition coefficient (Wildman–Crippen LogP) is 2.36. The molecule has 0 spiro atoms. The summed E-state index contributed by atoms with van der Waals surface area (Å²) in [6.45, 7) is 7.63. The minimum Gasteiger partial charge on any atom is -0.497 e. The highest BCUT2D eigenvalue weighted by Crippen LogP contribution is 2.28. The molecule has 37 heavy (non-hydrogen) atoms. The number of halogens is 1. The number of nitrogens with zero attached hydrogens (tertiary/aromatic N) is 1. The van der Waals surface area contributed by atoms with Gasteiger partial charge in [0.25, 0.3) is 9.05 Å². The lowest BCUT2D eigenvalue weighted by atomic mass is 10.1. The molecular formula is C24H39ClN2O8S2. The molecule has 0 unspecified atom stereocenters. The standard InChI is InChI=1S/C12H19NO4S.C9H11ClO3S.C3H9NO/c1-9-7-11(17-4)8-10(2)12(9)18(15,16)13(3)5-6-14;1-6-4-8(13-3)5-7(2)9(6)14(10,11)12;1-4-2-3-5/h7-8,14H,5-6H2,1-4H3;4-5H,1-3H3;4-5H,2-3H2,1H3. The van der Waals surface area contributed by atoms with Gasteiger partial charge in [0.15, 0.2) is 0 Å². The van der Waals surface area contributed by atoms with Gasteiger partial charge < -0.3 is 25.0 Å². The van der Waals surface area contributed by atoms with E-state index in [1.54, 1.807) is 66.1 Å². The first-order chi connectivity index (χ1) is 17.1. The van der Waals surface area contributed by atoms with Crippen LogP contribution in [0.25, 0.3) is 0 Å². The fourth-order valence-corrected chi connectivity index (χ4v) is 6.56. The molecule has 3 N–H and O–H groups in total. The van der Waals surface area contributed by atoms with Gasteiger partial charge in [0, 0.05) is 30.8 Å². The molecule has 212 valence electrons. The van der Waals surface area contributed by atoms with Gasteiger partial charge in [0.1, 0.15) is 11.5 Å². The van der Waals surface area contributed by atoms with Crippen LogP contribution in [0, 0.1) is 27.7 Å². The molecular weight excluding hydrogens is 544 g/mol. The van der Waals surface area contributed by atoms with Gasteiger partial charge in [-0.15, -0.1) is 0 Å². The third-order valence-electron chi connectivity index (χ3n) is 5.03. The largest absolute Gasteiger partial charge is 0.497 e. The first kappa shape index (κ1) is 35.1. The summed E-state index contributed by atoms with van der Waals surface area (Å²) in [7, 11) is 4.38. The third-order valence-corrected chi connectivity index (χ3v) is 8.79. The average molecular weight is 583 g/mol. The molecule has 0 fully saturated rings. The van der Waals surface area contributed by atoms with E-state index in [-0.39, 0.29) is 29.5 Å². The molecule has 2 rings (SSSR count). The highest BCUT2D eigenvalue weighted by Gasteiger charge is 2.25. The molecule has 0 saturated heterocycles. The number of ether oxygens (including phenoxy) is 2. The van der Waals surface area contributed by atoms with E-state index in [1.165, 1.54) is 14.2 Å². The molecule has 0 bridgehead atoms. The lowest BCUT2D eigenvalue weighted by molar-refractivity contribution is 0.266. The van der Waals surface area contributed by atoms with Gasteiger partial charge in [-0.25, -0.2) is 16.8 Å². The summed E-state index contributed by atoms with van der Waals surface area (Å²) < 4.78 is 58.3. The van der Waals surface area contributed by atoms with Crippen LogP contribution in [0.1, 0.15) is 22.3 Å². The van der Waals surface area contributed by atoms with Crippen LogP contribution in [-0.4, -0.2) is 86.0 Å². The minimum atomic E-state index is -3.67. The maximum absolute atomic E-state index is 12.3. The lowest BCUT2D eigenvalue weighted by Gasteiger charge is -2.19. The number of methoxy groups -OCH3 is 2. The average Bonchev–Trinajstić information content (AvgIpc) is 2.78. The number of aliphatic hydroxyl groups is 2. The predicted molar refractivity (Wildman–Crippen MR) is 146 cm³/mol. The Bertz CT molecular complexity index is 1170. The van der Waals surface area contributed by atoms with Crippen LogP contribution in [0.15, 0.2) is 34.1 Å². The number of benzene rings is 2. The van der Waals surface area contributed by atoms with Gasteiger partial charge >= 0.3 is 0 Å². The van der Waals surface area contributed by atoms with E-state index in [2.05, 4.69) is 5.32 Å². The van der Waals surface area contributed by atoms with E-state index < -0.39 is 19.1 Å². The summed E-state index contributed by atoms with van der Waals surface area (Å²) >= 11 is 0. The second-order valence-electron chi connectivity index (χ2n) is 8.00. The van der Waals surface area contributed by atoms with Crippen molar-refractivity contribution in [2.45, 2.75) is 37.5 Å². The van der Waals surface area contributed by atoms with Crippen LogP contribution in [0.3, 0.4) is 0 Å². The van der Waals surface area contributed by atoms with E-state index in [1.807, 2.05) is 0 Å². The molecule has 0 aliphatic heterocycles. The minimum absolute atomic E-state index is 0.0766. The van der Waals surface area contributed by atoms with E-state index in [4.69, 9.17) is 30.4 Å². The molecule has 0 amide bonds. The molecule has 0 aliphatic rings. The summed E-state index contributed by atoms with van der Waals surface area (Å²) in [5, 5.41) is 19.6. The highest BCUT2D eigenvalue weighted by atomic mass is 35.7.